The minimum absolute atomic E-state index is 0.800. The lowest BCUT2D eigenvalue weighted by atomic mass is 10.3. The van der Waals surface area contributed by atoms with Gasteiger partial charge >= 0.3 is 0 Å². The van der Waals surface area contributed by atoms with Crippen LogP contribution in [0.25, 0.3) is 0 Å². The highest BCUT2D eigenvalue weighted by Gasteiger charge is 2.03. The zero-order chi connectivity index (χ0) is 12.1. The summed E-state index contributed by atoms with van der Waals surface area (Å²) in [6, 6.07) is 7.65. The van der Waals surface area contributed by atoms with E-state index in [0.717, 1.165) is 30.9 Å². The Morgan fingerprint density at radius 2 is 1.06 bits per heavy atom. The van der Waals surface area contributed by atoms with E-state index in [0.29, 0.717) is 0 Å². The van der Waals surface area contributed by atoms with Crippen LogP contribution in [0.3, 0.4) is 0 Å². The van der Waals surface area contributed by atoms with Crippen LogP contribution in [0.5, 0.6) is 0 Å². The van der Waals surface area contributed by atoms with Gasteiger partial charge in [0.05, 0.1) is 6.42 Å². The standard InChI is InChI=1S/C13H16N4/c14-12-2-8-16(9-3-12)6-1-7-17-10-4-13(15)5-11-17/h2-5,8-11,14-15H,1,6-7H2/p+2. The average Bonchev–Trinajstić information content (AvgIpc) is 2.34. The van der Waals surface area contributed by atoms with Crippen LogP contribution >= 0.6 is 0 Å². The van der Waals surface area contributed by atoms with Gasteiger partial charge in [-0.15, -0.1) is 0 Å². The SMILES string of the molecule is Nc1cc[n+](CCC[n+]2ccc(N)cc2)cc1. The van der Waals surface area contributed by atoms with Gasteiger partial charge in [0.15, 0.2) is 37.9 Å². The Labute approximate surface area is 101 Å². The molecule has 0 aliphatic heterocycles. The predicted octanol–water partition coefficient (Wildman–Crippen LogP) is 0.516. The summed E-state index contributed by atoms with van der Waals surface area (Å²) in [5, 5.41) is 0. The normalized spacial score (nSPS) is 10.4. The molecular formula is C13H18N4+2. The first-order valence-electron chi connectivity index (χ1n) is 5.73. The summed E-state index contributed by atoms with van der Waals surface area (Å²) in [7, 11) is 0. The molecule has 2 aromatic heterocycles. The molecule has 0 saturated carbocycles. The second-order valence-electron chi connectivity index (χ2n) is 4.09. The summed E-state index contributed by atoms with van der Waals surface area (Å²) < 4.78 is 4.27. The number of anilines is 2. The van der Waals surface area contributed by atoms with Crippen molar-refractivity contribution in [2.75, 3.05) is 11.5 Å². The fourth-order valence-electron chi connectivity index (χ4n) is 1.67. The molecule has 4 N–H and O–H groups in total. The lowest BCUT2D eigenvalue weighted by Gasteiger charge is -1.97. The third-order valence-corrected chi connectivity index (χ3v) is 2.67. The van der Waals surface area contributed by atoms with E-state index >= 15 is 0 Å². The molecule has 0 bridgehead atoms. The fraction of sp³-hybridized carbons (Fsp3) is 0.231. The summed E-state index contributed by atoms with van der Waals surface area (Å²) in [5.41, 5.74) is 12.9. The molecule has 4 nitrogen and oxygen atoms in total. The highest BCUT2D eigenvalue weighted by atomic mass is 15.0. The Morgan fingerprint density at radius 1 is 0.706 bits per heavy atom. The van der Waals surface area contributed by atoms with Crippen molar-refractivity contribution in [2.24, 2.45) is 0 Å². The Hall–Kier alpha value is -2.10. The van der Waals surface area contributed by atoms with Gasteiger partial charge in [0.1, 0.15) is 0 Å². The van der Waals surface area contributed by atoms with E-state index < -0.39 is 0 Å². The highest BCUT2D eigenvalue weighted by molar-refractivity contribution is 5.32. The number of nitrogen functional groups attached to an aromatic ring is 2. The van der Waals surface area contributed by atoms with Crippen molar-refractivity contribution in [1.29, 1.82) is 0 Å². The molecule has 88 valence electrons. The van der Waals surface area contributed by atoms with Crippen LogP contribution in [-0.4, -0.2) is 0 Å². The van der Waals surface area contributed by atoms with Gasteiger partial charge in [-0.25, -0.2) is 9.13 Å². The van der Waals surface area contributed by atoms with E-state index in [2.05, 4.69) is 9.13 Å². The smallest absolute Gasteiger partial charge is 0.170 e. The molecule has 2 aromatic rings. The molecule has 0 radical (unpaired) electrons. The van der Waals surface area contributed by atoms with Gasteiger partial charge in [-0.3, -0.25) is 0 Å². The Bertz CT molecular complexity index is 416. The maximum Gasteiger partial charge on any atom is 0.170 e. The highest BCUT2D eigenvalue weighted by Crippen LogP contribution is 1.95. The maximum atomic E-state index is 5.63. The largest absolute Gasteiger partial charge is 0.398 e. The van der Waals surface area contributed by atoms with Gasteiger partial charge in [-0.05, 0) is 0 Å². The van der Waals surface area contributed by atoms with Crippen LogP contribution in [0.15, 0.2) is 49.1 Å². The van der Waals surface area contributed by atoms with Crippen LogP contribution in [0.4, 0.5) is 11.4 Å². The number of nitrogens with zero attached hydrogens (tertiary/aromatic N) is 2. The number of nitrogens with two attached hydrogens (primary N) is 2. The summed E-state index contributed by atoms with van der Waals surface area (Å²) in [4.78, 5) is 0. The van der Waals surface area contributed by atoms with Gasteiger partial charge in [0, 0.05) is 35.6 Å². The van der Waals surface area contributed by atoms with Gasteiger partial charge in [-0.1, -0.05) is 0 Å². The number of aryl methyl sites for hydroxylation is 2. The molecule has 0 unspecified atom stereocenters. The topological polar surface area (TPSA) is 59.8 Å². The number of hydrogen-bond donors (Lipinski definition) is 2. The lowest BCUT2D eigenvalue weighted by Crippen LogP contribution is -2.38. The third kappa shape index (κ3) is 3.45. The molecule has 4 heteroatoms. The second-order valence-corrected chi connectivity index (χ2v) is 4.09. The monoisotopic (exact) mass is 230 g/mol. The molecule has 0 fully saturated rings. The van der Waals surface area contributed by atoms with E-state index in [1.807, 2.05) is 49.1 Å². The summed E-state index contributed by atoms with van der Waals surface area (Å²) in [5.74, 6) is 0. The van der Waals surface area contributed by atoms with Crippen molar-refractivity contribution in [3.8, 4) is 0 Å². The van der Waals surface area contributed by atoms with E-state index in [4.69, 9.17) is 11.5 Å². The van der Waals surface area contributed by atoms with Crippen molar-refractivity contribution in [3.63, 3.8) is 0 Å². The molecular weight excluding hydrogens is 212 g/mol. The molecule has 0 saturated heterocycles. The van der Waals surface area contributed by atoms with E-state index in [-0.39, 0.29) is 0 Å². The predicted molar refractivity (Wildman–Crippen MR) is 66.7 cm³/mol. The van der Waals surface area contributed by atoms with Crippen LogP contribution in [0, 0.1) is 0 Å². The Morgan fingerprint density at radius 3 is 1.41 bits per heavy atom. The molecule has 2 heterocycles. The van der Waals surface area contributed by atoms with Crippen molar-refractivity contribution in [1.82, 2.24) is 0 Å². The van der Waals surface area contributed by atoms with Crippen molar-refractivity contribution in [2.45, 2.75) is 19.5 Å². The zero-order valence-electron chi connectivity index (χ0n) is 9.79. The summed E-state index contributed by atoms with van der Waals surface area (Å²) in [6.07, 6.45) is 9.08. The summed E-state index contributed by atoms with van der Waals surface area (Å²) in [6.45, 7) is 1.97. The maximum absolute atomic E-state index is 5.63. The van der Waals surface area contributed by atoms with Gasteiger partial charge in [-0.2, -0.15) is 0 Å². The summed E-state index contributed by atoms with van der Waals surface area (Å²) >= 11 is 0. The molecule has 17 heavy (non-hydrogen) atoms. The first-order valence-corrected chi connectivity index (χ1v) is 5.73. The fourth-order valence-corrected chi connectivity index (χ4v) is 1.67. The quantitative estimate of drug-likeness (QED) is 0.752. The van der Waals surface area contributed by atoms with Gasteiger partial charge < -0.3 is 11.5 Å². The minimum atomic E-state index is 0.800. The third-order valence-electron chi connectivity index (χ3n) is 2.67. The molecule has 0 atom stereocenters. The van der Waals surface area contributed by atoms with Crippen LogP contribution < -0.4 is 20.6 Å². The molecule has 0 aromatic carbocycles. The van der Waals surface area contributed by atoms with Gasteiger partial charge in [0.2, 0.25) is 0 Å². The molecule has 0 amide bonds. The van der Waals surface area contributed by atoms with E-state index in [9.17, 15) is 0 Å². The first-order chi connectivity index (χ1) is 8.24. The number of aromatic nitrogens is 2. The average molecular weight is 230 g/mol. The first kappa shape index (κ1) is 11.4. The van der Waals surface area contributed by atoms with Gasteiger partial charge in [0.25, 0.3) is 0 Å². The van der Waals surface area contributed by atoms with Crippen LogP contribution in [0.1, 0.15) is 6.42 Å². The van der Waals surface area contributed by atoms with Crippen molar-refractivity contribution in [3.05, 3.63) is 49.1 Å². The second kappa shape index (κ2) is 5.30. The van der Waals surface area contributed by atoms with Crippen molar-refractivity contribution >= 4 is 11.4 Å². The number of pyridine rings is 2. The Kier molecular flexibility index (Phi) is 3.55. The number of rotatable bonds is 4. The molecule has 0 aliphatic carbocycles. The van der Waals surface area contributed by atoms with Crippen molar-refractivity contribution < 1.29 is 9.13 Å². The Balaban J connectivity index is 1.83. The van der Waals surface area contributed by atoms with E-state index in [1.54, 1.807) is 0 Å². The molecule has 0 aliphatic rings. The minimum Gasteiger partial charge on any atom is -0.398 e. The molecule has 0 spiro atoms. The van der Waals surface area contributed by atoms with Crippen LogP contribution in [0.2, 0.25) is 0 Å². The lowest BCUT2D eigenvalue weighted by molar-refractivity contribution is -0.726. The van der Waals surface area contributed by atoms with E-state index in [1.165, 1.54) is 0 Å². The number of hydrogen-bond acceptors (Lipinski definition) is 2. The molecule has 2 rings (SSSR count). The van der Waals surface area contributed by atoms with Crippen LogP contribution in [-0.2, 0) is 13.1 Å². The zero-order valence-corrected chi connectivity index (χ0v) is 9.79.